The highest BCUT2D eigenvalue weighted by atomic mass is 35.5. The van der Waals surface area contributed by atoms with Gasteiger partial charge in [-0.1, -0.05) is 48.0 Å². The average molecular weight is 398 g/mol. The van der Waals surface area contributed by atoms with Crippen LogP contribution in [0.25, 0.3) is 0 Å². The van der Waals surface area contributed by atoms with Crippen LogP contribution in [0.1, 0.15) is 23.6 Å². The van der Waals surface area contributed by atoms with E-state index >= 15 is 0 Å². The highest BCUT2D eigenvalue weighted by Gasteiger charge is 2.49. The van der Waals surface area contributed by atoms with Crippen molar-refractivity contribution in [2.75, 3.05) is 13.1 Å². The lowest BCUT2D eigenvalue weighted by atomic mass is 9.92. The van der Waals surface area contributed by atoms with Crippen LogP contribution in [-0.4, -0.2) is 40.7 Å². The Morgan fingerprint density at radius 2 is 1.89 bits per heavy atom. The van der Waals surface area contributed by atoms with Gasteiger partial charge in [-0.2, -0.15) is 0 Å². The number of nitrogens with one attached hydrogen (secondary N) is 1. The standard InChI is InChI=1S/C21H20ClN3O3/c1-21(16-7-4-8-17(22)11-16)19(27)25(20(28)23-21)13-18(26)24-10-9-14-5-2-3-6-15(14)12-24/h2-8,11H,9-10,12-13H2,1H3,(H,23,28). The number of halogens is 1. The number of hydrogen-bond acceptors (Lipinski definition) is 3. The third-order valence-corrected chi connectivity index (χ3v) is 5.69. The normalized spacial score (nSPS) is 21.5. The SMILES string of the molecule is CC1(c2cccc(Cl)c2)NC(=O)N(CC(=O)N2CCc3ccccc3C2)C1=O. The Labute approximate surface area is 168 Å². The summed E-state index contributed by atoms with van der Waals surface area (Å²) in [6.45, 7) is 2.42. The van der Waals surface area contributed by atoms with Gasteiger partial charge in [0.25, 0.3) is 5.91 Å². The molecule has 0 aliphatic carbocycles. The summed E-state index contributed by atoms with van der Waals surface area (Å²) in [5, 5.41) is 3.18. The summed E-state index contributed by atoms with van der Waals surface area (Å²) in [4.78, 5) is 40.9. The van der Waals surface area contributed by atoms with Crippen molar-refractivity contribution in [3.8, 4) is 0 Å². The Bertz CT molecular complexity index is 977. The molecule has 4 amide bonds. The summed E-state index contributed by atoms with van der Waals surface area (Å²) in [6.07, 6.45) is 0.766. The number of carbonyl (C=O) groups is 3. The number of amides is 4. The molecule has 2 aromatic rings. The first-order valence-electron chi connectivity index (χ1n) is 9.13. The average Bonchev–Trinajstić information content (AvgIpc) is 2.91. The second-order valence-electron chi connectivity index (χ2n) is 7.29. The van der Waals surface area contributed by atoms with Crippen LogP contribution in [0, 0.1) is 0 Å². The molecule has 144 valence electrons. The molecule has 0 aromatic heterocycles. The van der Waals surface area contributed by atoms with Crippen LogP contribution >= 0.6 is 11.6 Å². The van der Waals surface area contributed by atoms with Gasteiger partial charge in [-0.05, 0) is 42.2 Å². The Morgan fingerprint density at radius 1 is 1.14 bits per heavy atom. The van der Waals surface area contributed by atoms with E-state index in [1.165, 1.54) is 5.56 Å². The molecular formula is C21H20ClN3O3. The van der Waals surface area contributed by atoms with E-state index in [4.69, 9.17) is 11.6 Å². The van der Waals surface area contributed by atoms with E-state index in [1.54, 1.807) is 36.1 Å². The molecule has 2 aliphatic heterocycles. The van der Waals surface area contributed by atoms with Gasteiger partial charge >= 0.3 is 6.03 Å². The molecule has 1 N–H and O–H groups in total. The predicted molar refractivity (Wildman–Crippen MR) is 105 cm³/mol. The molecule has 1 saturated heterocycles. The lowest BCUT2D eigenvalue weighted by Gasteiger charge is -2.30. The quantitative estimate of drug-likeness (QED) is 0.809. The number of nitrogens with zero attached hydrogens (tertiary/aromatic N) is 2. The van der Waals surface area contributed by atoms with Gasteiger partial charge in [0.2, 0.25) is 5.91 Å². The zero-order valence-electron chi connectivity index (χ0n) is 15.4. The van der Waals surface area contributed by atoms with Gasteiger partial charge in [-0.15, -0.1) is 0 Å². The monoisotopic (exact) mass is 397 g/mol. The van der Waals surface area contributed by atoms with Gasteiger partial charge in [0.05, 0.1) is 0 Å². The van der Waals surface area contributed by atoms with Crippen LogP contribution < -0.4 is 5.32 Å². The fourth-order valence-corrected chi connectivity index (χ4v) is 3.97. The van der Waals surface area contributed by atoms with E-state index < -0.39 is 17.5 Å². The topological polar surface area (TPSA) is 69.7 Å². The zero-order chi connectivity index (χ0) is 19.9. The molecule has 2 heterocycles. The molecule has 1 atom stereocenters. The predicted octanol–water partition coefficient (Wildman–Crippen LogP) is 2.69. The maximum atomic E-state index is 13.0. The third kappa shape index (κ3) is 3.14. The lowest BCUT2D eigenvalue weighted by Crippen LogP contribution is -2.45. The van der Waals surface area contributed by atoms with Crippen molar-refractivity contribution in [2.24, 2.45) is 0 Å². The van der Waals surface area contributed by atoms with E-state index in [0.29, 0.717) is 23.7 Å². The summed E-state index contributed by atoms with van der Waals surface area (Å²) in [6, 6.07) is 14.2. The van der Waals surface area contributed by atoms with Gasteiger partial charge in [-0.3, -0.25) is 14.5 Å². The summed E-state index contributed by atoms with van der Waals surface area (Å²) in [5.41, 5.74) is 1.68. The van der Waals surface area contributed by atoms with Crippen molar-refractivity contribution in [1.29, 1.82) is 0 Å². The molecule has 0 bridgehead atoms. The molecule has 0 radical (unpaired) electrons. The first-order chi connectivity index (χ1) is 13.4. The molecule has 1 fully saturated rings. The first-order valence-corrected chi connectivity index (χ1v) is 9.51. The smallest absolute Gasteiger partial charge is 0.325 e. The minimum Gasteiger partial charge on any atom is -0.336 e. The van der Waals surface area contributed by atoms with Crippen LogP contribution in [0.3, 0.4) is 0 Å². The zero-order valence-corrected chi connectivity index (χ0v) is 16.2. The summed E-state index contributed by atoms with van der Waals surface area (Å²) in [5.74, 6) is -0.695. The van der Waals surface area contributed by atoms with Crippen LogP contribution in [0.4, 0.5) is 4.79 Å². The summed E-state index contributed by atoms with van der Waals surface area (Å²) >= 11 is 6.03. The largest absolute Gasteiger partial charge is 0.336 e. The van der Waals surface area contributed by atoms with Crippen LogP contribution in [0.2, 0.25) is 5.02 Å². The molecule has 28 heavy (non-hydrogen) atoms. The first kappa shape index (κ1) is 18.5. The maximum Gasteiger partial charge on any atom is 0.325 e. The minimum absolute atomic E-state index is 0.242. The van der Waals surface area contributed by atoms with E-state index in [1.807, 2.05) is 18.2 Å². The van der Waals surface area contributed by atoms with E-state index in [0.717, 1.165) is 16.9 Å². The number of rotatable bonds is 3. The number of hydrogen-bond donors (Lipinski definition) is 1. The number of benzene rings is 2. The van der Waals surface area contributed by atoms with Crippen molar-refractivity contribution >= 4 is 29.4 Å². The van der Waals surface area contributed by atoms with Crippen molar-refractivity contribution in [2.45, 2.75) is 25.4 Å². The Balaban J connectivity index is 1.50. The summed E-state index contributed by atoms with van der Waals surface area (Å²) < 4.78 is 0. The van der Waals surface area contributed by atoms with Crippen LogP contribution in [0.5, 0.6) is 0 Å². The molecule has 2 aliphatic rings. The minimum atomic E-state index is -1.24. The second kappa shape index (κ2) is 6.95. The molecule has 2 aromatic carbocycles. The Hall–Kier alpha value is -2.86. The van der Waals surface area contributed by atoms with Crippen LogP contribution in [-0.2, 0) is 28.1 Å². The Kier molecular flexibility index (Phi) is 4.59. The molecular weight excluding hydrogens is 378 g/mol. The maximum absolute atomic E-state index is 13.0. The molecule has 0 spiro atoms. The lowest BCUT2D eigenvalue weighted by molar-refractivity contribution is -0.139. The van der Waals surface area contributed by atoms with Crippen LogP contribution in [0.15, 0.2) is 48.5 Å². The fraction of sp³-hybridized carbons (Fsp3) is 0.286. The van der Waals surface area contributed by atoms with Gasteiger partial charge < -0.3 is 10.2 Å². The van der Waals surface area contributed by atoms with Gasteiger partial charge in [0.15, 0.2) is 0 Å². The van der Waals surface area contributed by atoms with E-state index in [2.05, 4.69) is 11.4 Å². The van der Waals surface area contributed by atoms with E-state index in [9.17, 15) is 14.4 Å². The van der Waals surface area contributed by atoms with Crippen molar-refractivity contribution < 1.29 is 14.4 Å². The van der Waals surface area contributed by atoms with Gasteiger partial charge in [0.1, 0.15) is 12.1 Å². The highest BCUT2D eigenvalue weighted by Crippen LogP contribution is 2.30. The molecule has 1 unspecified atom stereocenters. The van der Waals surface area contributed by atoms with Gasteiger partial charge in [-0.25, -0.2) is 4.79 Å². The number of imide groups is 1. The number of carbonyl (C=O) groups excluding carboxylic acids is 3. The summed E-state index contributed by atoms with van der Waals surface area (Å²) in [7, 11) is 0. The third-order valence-electron chi connectivity index (χ3n) is 5.45. The molecule has 0 saturated carbocycles. The van der Waals surface area contributed by atoms with E-state index in [-0.39, 0.29) is 12.5 Å². The second-order valence-corrected chi connectivity index (χ2v) is 7.73. The van der Waals surface area contributed by atoms with Crippen molar-refractivity contribution in [1.82, 2.24) is 15.1 Å². The number of urea groups is 1. The molecule has 6 nitrogen and oxygen atoms in total. The molecule has 7 heteroatoms. The fourth-order valence-electron chi connectivity index (χ4n) is 3.78. The van der Waals surface area contributed by atoms with Crippen molar-refractivity contribution in [3.05, 3.63) is 70.2 Å². The molecule has 4 rings (SSSR count). The van der Waals surface area contributed by atoms with Gasteiger partial charge in [0, 0.05) is 18.1 Å². The Morgan fingerprint density at radius 3 is 2.64 bits per heavy atom. The highest BCUT2D eigenvalue weighted by molar-refractivity contribution is 6.30. The van der Waals surface area contributed by atoms with Crippen molar-refractivity contribution in [3.63, 3.8) is 0 Å². The number of fused-ring (bicyclic) bond motifs is 1.